The molecule has 0 saturated heterocycles. The molecule has 0 aromatic heterocycles. The summed E-state index contributed by atoms with van der Waals surface area (Å²) in [5.74, 6) is -0.0449. The van der Waals surface area contributed by atoms with Crippen LogP contribution >= 0.6 is 15.9 Å². The standard InChI is InChI=1S/C14H12BrNO/c1-2-3-14(17)16-13-7-5-10-8-12(15)6-4-11(10)9-13/h2,4-9H,1,3H2,(H,16,17). The molecule has 0 bridgehead atoms. The Labute approximate surface area is 108 Å². The highest BCUT2D eigenvalue weighted by Gasteiger charge is 2.01. The van der Waals surface area contributed by atoms with E-state index in [1.807, 2.05) is 36.4 Å². The van der Waals surface area contributed by atoms with Crippen molar-refractivity contribution in [1.29, 1.82) is 0 Å². The number of halogens is 1. The van der Waals surface area contributed by atoms with E-state index in [2.05, 4.69) is 27.8 Å². The first-order valence-electron chi connectivity index (χ1n) is 5.29. The number of fused-ring (bicyclic) bond motifs is 1. The maximum Gasteiger partial charge on any atom is 0.228 e. The first-order valence-corrected chi connectivity index (χ1v) is 6.08. The Morgan fingerprint density at radius 3 is 2.71 bits per heavy atom. The number of amides is 1. The second kappa shape index (κ2) is 5.15. The van der Waals surface area contributed by atoms with Gasteiger partial charge in [-0.25, -0.2) is 0 Å². The lowest BCUT2D eigenvalue weighted by Gasteiger charge is -2.05. The summed E-state index contributed by atoms with van der Waals surface area (Å²) < 4.78 is 1.05. The molecule has 86 valence electrons. The molecule has 2 aromatic carbocycles. The maximum absolute atomic E-state index is 11.4. The van der Waals surface area contributed by atoms with Crippen LogP contribution in [0.15, 0.2) is 53.5 Å². The highest BCUT2D eigenvalue weighted by molar-refractivity contribution is 9.10. The summed E-state index contributed by atoms with van der Waals surface area (Å²) >= 11 is 3.43. The molecule has 1 N–H and O–H groups in total. The van der Waals surface area contributed by atoms with Crippen molar-refractivity contribution < 1.29 is 4.79 Å². The fourth-order valence-electron chi connectivity index (χ4n) is 1.64. The van der Waals surface area contributed by atoms with E-state index in [0.29, 0.717) is 6.42 Å². The Morgan fingerprint density at radius 1 is 1.24 bits per heavy atom. The molecule has 2 aromatic rings. The van der Waals surface area contributed by atoms with Crippen LogP contribution in [0.4, 0.5) is 5.69 Å². The van der Waals surface area contributed by atoms with Crippen LogP contribution in [0.5, 0.6) is 0 Å². The smallest absolute Gasteiger partial charge is 0.228 e. The summed E-state index contributed by atoms with van der Waals surface area (Å²) in [6, 6.07) is 11.9. The predicted molar refractivity (Wildman–Crippen MR) is 75.1 cm³/mol. The van der Waals surface area contributed by atoms with E-state index in [1.165, 1.54) is 0 Å². The van der Waals surface area contributed by atoms with Crippen molar-refractivity contribution in [3.8, 4) is 0 Å². The topological polar surface area (TPSA) is 29.1 Å². The van der Waals surface area contributed by atoms with E-state index in [4.69, 9.17) is 0 Å². The lowest BCUT2D eigenvalue weighted by atomic mass is 10.1. The van der Waals surface area contributed by atoms with Gasteiger partial charge in [0, 0.05) is 16.6 Å². The van der Waals surface area contributed by atoms with Gasteiger partial charge in [-0.05, 0) is 35.0 Å². The Morgan fingerprint density at radius 2 is 1.94 bits per heavy atom. The molecule has 0 radical (unpaired) electrons. The third kappa shape index (κ3) is 2.94. The minimum absolute atomic E-state index is 0.0449. The van der Waals surface area contributed by atoms with Crippen molar-refractivity contribution in [3.63, 3.8) is 0 Å². The first-order chi connectivity index (χ1) is 8.19. The number of hydrogen-bond donors (Lipinski definition) is 1. The van der Waals surface area contributed by atoms with Crippen molar-refractivity contribution >= 4 is 38.3 Å². The van der Waals surface area contributed by atoms with Gasteiger partial charge in [-0.2, -0.15) is 0 Å². The van der Waals surface area contributed by atoms with Gasteiger partial charge in [0.25, 0.3) is 0 Å². The number of nitrogens with one attached hydrogen (secondary N) is 1. The monoisotopic (exact) mass is 289 g/mol. The van der Waals surface area contributed by atoms with Crippen LogP contribution < -0.4 is 5.32 Å². The molecule has 17 heavy (non-hydrogen) atoms. The largest absolute Gasteiger partial charge is 0.326 e. The quantitative estimate of drug-likeness (QED) is 0.846. The zero-order valence-electron chi connectivity index (χ0n) is 9.24. The molecule has 0 aliphatic rings. The minimum atomic E-state index is -0.0449. The summed E-state index contributed by atoms with van der Waals surface area (Å²) in [6.07, 6.45) is 1.92. The number of carbonyl (C=O) groups is 1. The Balaban J connectivity index is 2.28. The SMILES string of the molecule is C=CCC(=O)Nc1ccc2cc(Br)ccc2c1. The second-order valence-corrected chi connectivity index (χ2v) is 4.66. The summed E-state index contributed by atoms with van der Waals surface area (Å²) in [6.45, 7) is 3.54. The number of rotatable bonds is 3. The van der Waals surface area contributed by atoms with E-state index >= 15 is 0 Å². The van der Waals surface area contributed by atoms with Crippen molar-refractivity contribution in [2.24, 2.45) is 0 Å². The molecule has 0 atom stereocenters. The third-order valence-corrected chi connectivity index (χ3v) is 2.91. The summed E-state index contributed by atoms with van der Waals surface area (Å²) in [7, 11) is 0. The van der Waals surface area contributed by atoms with Crippen molar-refractivity contribution in [3.05, 3.63) is 53.5 Å². The van der Waals surface area contributed by atoms with Gasteiger partial charge in [0.2, 0.25) is 5.91 Å². The Kier molecular flexibility index (Phi) is 3.59. The van der Waals surface area contributed by atoms with Crippen LogP contribution in [0.3, 0.4) is 0 Å². The normalized spacial score (nSPS) is 10.2. The van der Waals surface area contributed by atoms with E-state index in [0.717, 1.165) is 20.9 Å². The summed E-state index contributed by atoms with van der Waals surface area (Å²) in [4.78, 5) is 11.4. The fourth-order valence-corrected chi connectivity index (χ4v) is 2.02. The molecule has 0 aliphatic carbocycles. The number of benzene rings is 2. The van der Waals surface area contributed by atoms with Crippen LogP contribution in [0.2, 0.25) is 0 Å². The van der Waals surface area contributed by atoms with E-state index in [-0.39, 0.29) is 5.91 Å². The number of carbonyl (C=O) groups excluding carboxylic acids is 1. The second-order valence-electron chi connectivity index (χ2n) is 3.75. The summed E-state index contributed by atoms with van der Waals surface area (Å²) in [5.41, 5.74) is 0.812. The molecule has 2 nitrogen and oxygen atoms in total. The molecule has 3 heteroatoms. The van der Waals surface area contributed by atoms with Crippen LogP contribution in [0, 0.1) is 0 Å². The predicted octanol–water partition coefficient (Wildman–Crippen LogP) is 4.12. The van der Waals surface area contributed by atoms with Gasteiger partial charge < -0.3 is 5.32 Å². The van der Waals surface area contributed by atoms with E-state index in [1.54, 1.807) is 6.08 Å². The Hall–Kier alpha value is -1.61. The molecular weight excluding hydrogens is 278 g/mol. The lowest BCUT2D eigenvalue weighted by Crippen LogP contribution is -2.09. The van der Waals surface area contributed by atoms with Crippen molar-refractivity contribution in [2.45, 2.75) is 6.42 Å². The number of anilines is 1. The third-order valence-electron chi connectivity index (χ3n) is 2.42. The van der Waals surface area contributed by atoms with Gasteiger partial charge in [-0.15, -0.1) is 6.58 Å². The lowest BCUT2D eigenvalue weighted by molar-refractivity contribution is -0.115. The van der Waals surface area contributed by atoms with Crippen molar-refractivity contribution in [1.82, 2.24) is 0 Å². The van der Waals surface area contributed by atoms with Crippen LogP contribution in [-0.4, -0.2) is 5.91 Å². The minimum Gasteiger partial charge on any atom is -0.326 e. The maximum atomic E-state index is 11.4. The van der Waals surface area contributed by atoms with Gasteiger partial charge >= 0.3 is 0 Å². The average Bonchev–Trinajstić information content (AvgIpc) is 2.29. The highest BCUT2D eigenvalue weighted by atomic mass is 79.9. The van der Waals surface area contributed by atoms with Gasteiger partial charge in [-0.1, -0.05) is 34.1 Å². The molecule has 1 amide bonds. The van der Waals surface area contributed by atoms with Gasteiger partial charge in [0.05, 0.1) is 0 Å². The van der Waals surface area contributed by atoms with E-state index in [9.17, 15) is 4.79 Å². The molecule has 2 rings (SSSR count). The molecule has 0 aliphatic heterocycles. The van der Waals surface area contributed by atoms with Crippen LogP contribution in [-0.2, 0) is 4.79 Å². The molecule has 0 heterocycles. The fraction of sp³-hybridized carbons (Fsp3) is 0.0714. The molecule has 0 unspecified atom stereocenters. The zero-order chi connectivity index (χ0) is 12.3. The first kappa shape index (κ1) is 11.9. The van der Waals surface area contributed by atoms with E-state index < -0.39 is 0 Å². The molecular formula is C14H12BrNO. The molecule has 0 spiro atoms. The Bertz CT molecular complexity index is 577. The molecule has 0 saturated carbocycles. The number of hydrogen-bond acceptors (Lipinski definition) is 1. The summed E-state index contributed by atoms with van der Waals surface area (Å²) in [5, 5.41) is 5.07. The average molecular weight is 290 g/mol. The van der Waals surface area contributed by atoms with Gasteiger partial charge in [-0.3, -0.25) is 4.79 Å². The van der Waals surface area contributed by atoms with Crippen LogP contribution in [0.25, 0.3) is 10.8 Å². The zero-order valence-corrected chi connectivity index (χ0v) is 10.8. The van der Waals surface area contributed by atoms with Crippen molar-refractivity contribution in [2.75, 3.05) is 5.32 Å². The van der Waals surface area contributed by atoms with Gasteiger partial charge in [0.1, 0.15) is 0 Å². The van der Waals surface area contributed by atoms with Gasteiger partial charge in [0.15, 0.2) is 0 Å². The highest BCUT2D eigenvalue weighted by Crippen LogP contribution is 2.22. The molecule has 0 fully saturated rings. The van der Waals surface area contributed by atoms with Crippen LogP contribution in [0.1, 0.15) is 6.42 Å².